The van der Waals surface area contributed by atoms with Crippen LogP contribution in [0.25, 0.3) is 0 Å². The monoisotopic (exact) mass is 281 g/mol. The van der Waals surface area contributed by atoms with Gasteiger partial charge in [0.25, 0.3) is 0 Å². The summed E-state index contributed by atoms with van der Waals surface area (Å²) in [5.74, 6) is 0. The minimum atomic E-state index is -0.0851. The molecule has 0 spiro atoms. The number of hydrogen-bond donors (Lipinski definition) is 1. The third kappa shape index (κ3) is 2.16. The third-order valence-electron chi connectivity index (χ3n) is 1.90. The normalized spacial score (nSPS) is 12.0. The summed E-state index contributed by atoms with van der Waals surface area (Å²) in [6.45, 7) is 4.27. The van der Waals surface area contributed by atoms with Crippen molar-refractivity contribution in [2.45, 2.75) is 25.7 Å². The Morgan fingerprint density at radius 3 is 2.75 bits per heavy atom. The van der Waals surface area contributed by atoms with E-state index >= 15 is 0 Å². The molecule has 1 aromatic heterocycles. The van der Waals surface area contributed by atoms with Gasteiger partial charge in [-0.3, -0.25) is 0 Å². The lowest BCUT2D eigenvalue weighted by Crippen LogP contribution is -2.19. The third-order valence-corrected chi connectivity index (χ3v) is 2.37. The SMILES string of the molecule is CC(C)(CCO)c1cn(I)nn1. The van der Waals surface area contributed by atoms with E-state index in [1.165, 1.54) is 0 Å². The van der Waals surface area contributed by atoms with E-state index in [9.17, 15) is 0 Å². The van der Waals surface area contributed by atoms with Gasteiger partial charge in [-0.05, 0) is 6.42 Å². The molecule has 0 saturated carbocycles. The summed E-state index contributed by atoms with van der Waals surface area (Å²) in [5.41, 5.74) is 0.837. The molecule has 68 valence electrons. The van der Waals surface area contributed by atoms with Crippen molar-refractivity contribution >= 4 is 22.9 Å². The van der Waals surface area contributed by atoms with Gasteiger partial charge in [0.15, 0.2) is 0 Å². The number of hydrogen-bond acceptors (Lipinski definition) is 3. The first-order valence-corrected chi connectivity index (χ1v) is 4.72. The van der Waals surface area contributed by atoms with Crippen LogP contribution in [0.1, 0.15) is 26.0 Å². The van der Waals surface area contributed by atoms with E-state index < -0.39 is 0 Å². The summed E-state index contributed by atoms with van der Waals surface area (Å²) in [4.78, 5) is 0. The van der Waals surface area contributed by atoms with Gasteiger partial charge >= 0.3 is 0 Å². The van der Waals surface area contributed by atoms with Crippen molar-refractivity contribution in [1.29, 1.82) is 0 Å². The summed E-state index contributed by atoms with van der Waals surface area (Å²) in [6, 6.07) is 0. The number of nitrogens with zero attached hydrogens (tertiary/aromatic N) is 3. The van der Waals surface area contributed by atoms with Crippen LogP contribution in [0.3, 0.4) is 0 Å². The molecule has 0 unspecified atom stereocenters. The van der Waals surface area contributed by atoms with Crippen LogP contribution < -0.4 is 0 Å². The molecule has 1 heterocycles. The second-order valence-electron chi connectivity index (χ2n) is 3.35. The predicted octanol–water partition coefficient (Wildman–Crippen LogP) is 1.14. The van der Waals surface area contributed by atoms with Crippen LogP contribution in [0.2, 0.25) is 0 Å². The van der Waals surface area contributed by atoms with Crippen LogP contribution in [0.4, 0.5) is 0 Å². The molecule has 0 atom stereocenters. The molecule has 5 heteroatoms. The van der Waals surface area contributed by atoms with Gasteiger partial charge < -0.3 is 5.11 Å². The van der Waals surface area contributed by atoms with Gasteiger partial charge in [0.1, 0.15) is 0 Å². The Labute approximate surface area is 85.5 Å². The largest absolute Gasteiger partial charge is 0.396 e. The van der Waals surface area contributed by atoms with E-state index in [0.29, 0.717) is 6.42 Å². The zero-order valence-corrected chi connectivity index (χ0v) is 9.32. The van der Waals surface area contributed by atoms with Crippen LogP contribution >= 0.6 is 22.9 Å². The van der Waals surface area contributed by atoms with Gasteiger partial charge in [-0.15, -0.1) is 5.10 Å². The molecule has 1 rings (SSSR count). The van der Waals surface area contributed by atoms with Crippen molar-refractivity contribution in [3.05, 3.63) is 11.9 Å². The highest BCUT2D eigenvalue weighted by atomic mass is 127. The van der Waals surface area contributed by atoms with E-state index in [0.717, 1.165) is 5.69 Å². The number of aliphatic hydroxyl groups excluding tert-OH is 1. The molecule has 0 aromatic carbocycles. The fourth-order valence-corrected chi connectivity index (χ4v) is 1.32. The fourth-order valence-electron chi connectivity index (χ4n) is 0.961. The van der Waals surface area contributed by atoms with Gasteiger partial charge in [-0.25, -0.2) is 0 Å². The van der Waals surface area contributed by atoms with Crippen LogP contribution in [0.15, 0.2) is 6.20 Å². The molecule has 0 aliphatic rings. The second kappa shape index (κ2) is 3.69. The highest BCUT2D eigenvalue weighted by Crippen LogP contribution is 2.24. The first kappa shape index (κ1) is 9.91. The van der Waals surface area contributed by atoms with Crippen LogP contribution in [0.5, 0.6) is 0 Å². The van der Waals surface area contributed by atoms with Gasteiger partial charge in [-0.2, -0.15) is 2.90 Å². The van der Waals surface area contributed by atoms with Crippen LogP contribution in [-0.4, -0.2) is 24.9 Å². The summed E-state index contributed by atoms with van der Waals surface area (Å²) in [5, 5.41) is 16.7. The van der Waals surface area contributed by atoms with Gasteiger partial charge in [-0.1, -0.05) is 19.1 Å². The Kier molecular flexibility index (Phi) is 3.05. The van der Waals surface area contributed by atoms with E-state index in [4.69, 9.17) is 5.11 Å². The molecular weight excluding hydrogens is 269 g/mol. The molecule has 0 aliphatic carbocycles. The van der Waals surface area contributed by atoms with Gasteiger partial charge in [0.05, 0.1) is 34.8 Å². The predicted molar refractivity (Wildman–Crippen MR) is 54.2 cm³/mol. The molecule has 4 nitrogen and oxygen atoms in total. The highest BCUT2D eigenvalue weighted by Gasteiger charge is 2.23. The van der Waals surface area contributed by atoms with E-state index in [1.54, 1.807) is 2.90 Å². The van der Waals surface area contributed by atoms with Gasteiger partial charge in [0.2, 0.25) is 0 Å². The number of aromatic nitrogens is 3. The first-order valence-electron chi connectivity index (χ1n) is 3.76. The number of rotatable bonds is 3. The van der Waals surface area contributed by atoms with Crippen molar-refractivity contribution in [1.82, 2.24) is 13.2 Å². The molecule has 1 aromatic rings. The van der Waals surface area contributed by atoms with E-state index in [2.05, 4.69) is 10.3 Å². The zero-order valence-electron chi connectivity index (χ0n) is 7.16. The van der Waals surface area contributed by atoms with Crippen molar-refractivity contribution in [3.8, 4) is 0 Å². The zero-order chi connectivity index (χ0) is 9.19. The van der Waals surface area contributed by atoms with E-state index in [1.807, 2.05) is 42.9 Å². The lowest BCUT2D eigenvalue weighted by molar-refractivity contribution is 0.250. The lowest BCUT2D eigenvalue weighted by atomic mass is 9.87. The molecule has 0 saturated heterocycles. The van der Waals surface area contributed by atoms with E-state index in [-0.39, 0.29) is 12.0 Å². The molecular formula is C7H12IN3O. The van der Waals surface area contributed by atoms with Crippen molar-refractivity contribution in [3.63, 3.8) is 0 Å². The lowest BCUT2D eigenvalue weighted by Gasteiger charge is -2.19. The summed E-state index contributed by atoms with van der Waals surface area (Å²) < 4.78 is 1.65. The van der Waals surface area contributed by atoms with Crippen LogP contribution in [-0.2, 0) is 5.41 Å². The topological polar surface area (TPSA) is 50.9 Å². The number of halogens is 1. The number of aliphatic hydroxyl groups is 1. The fraction of sp³-hybridized carbons (Fsp3) is 0.714. The Bertz CT molecular complexity index is 259. The highest BCUT2D eigenvalue weighted by molar-refractivity contribution is 14.1. The van der Waals surface area contributed by atoms with Crippen molar-refractivity contribution in [2.24, 2.45) is 0 Å². The standard InChI is InChI=1S/C7H12IN3O/c1-7(2,3-4-12)6-5-11(8)10-9-6/h5,12H,3-4H2,1-2H3. The molecule has 0 radical (unpaired) electrons. The Morgan fingerprint density at radius 2 is 2.33 bits per heavy atom. The second-order valence-corrected chi connectivity index (χ2v) is 4.34. The minimum Gasteiger partial charge on any atom is -0.396 e. The Hall–Kier alpha value is -0.170. The molecule has 1 N–H and O–H groups in total. The smallest absolute Gasteiger partial charge is 0.0893 e. The molecule has 0 amide bonds. The molecule has 12 heavy (non-hydrogen) atoms. The maximum Gasteiger partial charge on any atom is 0.0893 e. The summed E-state index contributed by atoms with van der Waals surface area (Å²) in [6.07, 6.45) is 2.58. The molecule has 0 aliphatic heterocycles. The molecule has 0 fully saturated rings. The minimum absolute atomic E-state index is 0.0851. The van der Waals surface area contributed by atoms with Crippen molar-refractivity contribution in [2.75, 3.05) is 6.61 Å². The first-order chi connectivity index (χ1) is 5.56. The average Bonchev–Trinajstić information content (AvgIpc) is 2.36. The average molecular weight is 281 g/mol. The van der Waals surface area contributed by atoms with Gasteiger partial charge in [0, 0.05) is 12.0 Å². The maximum absolute atomic E-state index is 8.81. The Morgan fingerprint density at radius 1 is 1.67 bits per heavy atom. The summed E-state index contributed by atoms with van der Waals surface area (Å²) >= 11 is 2.05. The van der Waals surface area contributed by atoms with Crippen molar-refractivity contribution < 1.29 is 5.11 Å². The maximum atomic E-state index is 8.81. The Balaban J connectivity index is 2.81. The summed E-state index contributed by atoms with van der Waals surface area (Å²) in [7, 11) is 0. The molecule has 0 bridgehead atoms. The van der Waals surface area contributed by atoms with Crippen LogP contribution in [0, 0.1) is 0 Å². The quantitative estimate of drug-likeness (QED) is 0.845.